The molecule has 0 unspecified atom stereocenters. The molecule has 0 radical (unpaired) electrons. The lowest BCUT2D eigenvalue weighted by molar-refractivity contribution is -0.141. The Morgan fingerprint density at radius 3 is 2.40 bits per heavy atom. The van der Waals surface area contributed by atoms with Gasteiger partial charge in [0.05, 0.1) is 16.1 Å². The number of ether oxygens (including phenoxy) is 1. The van der Waals surface area contributed by atoms with Crippen LogP contribution >= 0.6 is 0 Å². The minimum atomic E-state index is -3.84. The first-order chi connectivity index (χ1) is 14.3. The van der Waals surface area contributed by atoms with Gasteiger partial charge in [-0.1, -0.05) is 5.92 Å². The van der Waals surface area contributed by atoms with Crippen molar-refractivity contribution in [2.45, 2.75) is 31.6 Å². The summed E-state index contributed by atoms with van der Waals surface area (Å²) in [5.74, 6) is 4.69. The van der Waals surface area contributed by atoms with Gasteiger partial charge in [0.15, 0.2) is 9.84 Å². The number of piperidine rings is 1. The molecular formula is C20H27N3O6S. The Kier molecular flexibility index (Phi) is 8.08. The second-order valence-electron chi connectivity index (χ2n) is 6.99. The highest BCUT2D eigenvalue weighted by Gasteiger charge is 2.45. The molecule has 3 amide bonds. The molecule has 1 fully saturated rings. The molecule has 0 aliphatic carbocycles. The quantitative estimate of drug-likeness (QED) is 0.334. The van der Waals surface area contributed by atoms with E-state index in [1.165, 1.54) is 29.2 Å². The van der Waals surface area contributed by atoms with E-state index in [0.717, 1.165) is 0 Å². The van der Waals surface area contributed by atoms with Gasteiger partial charge in [0.25, 0.3) is 5.91 Å². The number of urea groups is 1. The van der Waals surface area contributed by atoms with Gasteiger partial charge in [-0.05, 0) is 51.0 Å². The average Bonchev–Trinajstić information content (AvgIpc) is 2.74. The summed E-state index contributed by atoms with van der Waals surface area (Å²) in [6.07, 6.45) is 0.235. The van der Waals surface area contributed by atoms with Crippen LogP contribution in [0.3, 0.4) is 0 Å². The van der Waals surface area contributed by atoms with Crippen LogP contribution in [0.5, 0.6) is 5.75 Å². The van der Waals surface area contributed by atoms with Gasteiger partial charge in [0.1, 0.15) is 12.4 Å². The maximum absolute atomic E-state index is 13.0. The molecule has 30 heavy (non-hydrogen) atoms. The smallest absolute Gasteiger partial charge is 0.317 e. The summed E-state index contributed by atoms with van der Waals surface area (Å²) in [5, 5.41) is 11.9. The summed E-state index contributed by atoms with van der Waals surface area (Å²) in [6, 6.07) is 5.62. The fourth-order valence-corrected chi connectivity index (χ4v) is 5.20. The second kappa shape index (κ2) is 10.3. The number of amides is 3. The molecular weight excluding hydrogens is 410 g/mol. The molecule has 3 N–H and O–H groups in total. The van der Waals surface area contributed by atoms with Crippen LogP contribution < -0.4 is 15.5 Å². The highest BCUT2D eigenvalue weighted by Crippen LogP contribution is 2.35. The van der Waals surface area contributed by atoms with Gasteiger partial charge >= 0.3 is 6.03 Å². The van der Waals surface area contributed by atoms with Crippen molar-refractivity contribution in [3.8, 4) is 17.6 Å². The van der Waals surface area contributed by atoms with Crippen molar-refractivity contribution in [3.63, 3.8) is 0 Å². The zero-order valence-corrected chi connectivity index (χ0v) is 17.9. The molecule has 0 saturated carbocycles. The van der Waals surface area contributed by atoms with Crippen LogP contribution in [0.2, 0.25) is 0 Å². The molecule has 0 atom stereocenters. The largest absolute Gasteiger partial charge is 0.481 e. The Balaban J connectivity index is 2.16. The van der Waals surface area contributed by atoms with E-state index in [4.69, 9.17) is 4.74 Å². The van der Waals surface area contributed by atoms with Crippen molar-refractivity contribution >= 4 is 21.8 Å². The fourth-order valence-electron chi connectivity index (χ4n) is 3.34. The van der Waals surface area contributed by atoms with Crippen LogP contribution in [-0.2, 0) is 14.6 Å². The van der Waals surface area contributed by atoms with Crippen LogP contribution in [0.4, 0.5) is 4.79 Å². The first kappa shape index (κ1) is 23.5. The van der Waals surface area contributed by atoms with E-state index >= 15 is 0 Å². The topological polar surface area (TPSA) is 125 Å². The first-order valence-corrected chi connectivity index (χ1v) is 11.3. The Hall–Kier alpha value is -2.77. The summed E-state index contributed by atoms with van der Waals surface area (Å²) in [4.78, 5) is 26.0. The van der Waals surface area contributed by atoms with Gasteiger partial charge < -0.3 is 15.0 Å². The minimum absolute atomic E-state index is 0.0488. The molecule has 164 valence electrons. The van der Waals surface area contributed by atoms with Crippen molar-refractivity contribution in [3.05, 3.63) is 24.3 Å². The van der Waals surface area contributed by atoms with Gasteiger partial charge in [-0.15, -0.1) is 5.92 Å². The van der Waals surface area contributed by atoms with E-state index in [9.17, 15) is 23.2 Å². The maximum Gasteiger partial charge on any atom is 0.317 e. The number of hydrogen-bond acceptors (Lipinski definition) is 6. The summed E-state index contributed by atoms with van der Waals surface area (Å²) in [6.45, 7) is 4.57. The minimum Gasteiger partial charge on any atom is -0.481 e. The highest BCUT2D eigenvalue weighted by molar-refractivity contribution is 7.91. The Bertz CT molecular complexity index is 910. The SMILES string of the molecule is CC#CCOc1ccc(S(=O)(=O)CC2(C(=O)NO)CCN(C(=O)NCC)CC2)cc1. The number of sulfone groups is 1. The van der Waals surface area contributed by atoms with E-state index in [2.05, 4.69) is 17.2 Å². The lowest BCUT2D eigenvalue weighted by Gasteiger charge is -2.39. The Morgan fingerprint density at radius 1 is 1.23 bits per heavy atom. The van der Waals surface area contributed by atoms with Gasteiger partial charge in [0, 0.05) is 19.6 Å². The van der Waals surface area contributed by atoms with E-state index < -0.39 is 26.9 Å². The Morgan fingerprint density at radius 2 is 1.87 bits per heavy atom. The van der Waals surface area contributed by atoms with Gasteiger partial charge in [-0.2, -0.15) is 0 Å². The van der Waals surface area contributed by atoms with Crippen LogP contribution in [0.15, 0.2) is 29.2 Å². The first-order valence-electron chi connectivity index (χ1n) is 9.60. The van der Waals surface area contributed by atoms with Crippen molar-refractivity contribution < 1.29 is 28.0 Å². The predicted octanol–water partition coefficient (Wildman–Crippen LogP) is 1.18. The third kappa shape index (κ3) is 5.64. The number of likely N-dealkylation sites (tertiary alicyclic amines) is 1. The number of carbonyl (C=O) groups excluding carboxylic acids is 2. The third-order valence-corrected chi connectivity index (χ3v) is 6.98. The standard InChI is InChI=1S/C20H27N3O6S/c1-3-5-14-29-16-6-8-17(9-7-16)30(27,28)15-20(18(24)22-26)10-12-23(13-11-20)19(25)21-4-2/h6-9,26H,4,10-15H2,1-2H3,(H,21,25)(H,22,24). The summed E-state index contributed by atoms with van der Waals surface area (Å²) >= 11 is 0. The maximum atomic E-state index is 13.0. The fraction of sp³-hybridized carbons (Fsp3) is 0.500. The number of nitrogens with one attached hydrogen (secondary N) is 2. The molecule has 2 rings (SSSR count). The predicted molar refractivity (Wildman–Crippen MR) is 110 cm³/mol. The molecule has 0 aromatic heterocycles. The zero-order valence-electron chi connectivity index (χ0n) is 17.1. The number of rotatable bonds is 7. The number of benzene rings is 1. The average molecular weight is 438 g/mol. The monoisotopic (exact) mass is 437 g/mol. The molecule has 1 aromatic carbocycles. The van der Waals surface area contributed by atoms with Gasteiger partial charge in [-0.25, -0.2) is 18.7 Å². The molecule has 0 spiro atoms. The van der Waals surface area contributed by atoms with Crippen molar-refractivity contribution in [2.75, 3.05) is 32.0 Å². The normalized spacial score (nSPS) is 15.5. The number of hydroxylamine groups is 1. The third-order valence-electron chi connectivity index (χ3n) is 5.06. The number of nitrogens with zero attached hydrogens (tertiary/aromatic N) is 1. The molecule has 10 heteroatoms. The van der Waals surface area contributed by atoms with Crippen LogP contribution in [0.1, 0.15) is 26.7 Å². The summed E-state index contributed by atoms with van der Waals surface area (Å²) < 4.78 is 31.4. The van der Waals surface area contributed by atoms with Crippen LogP contribution in [0.25, 0.3) is 0 Å². The van der Waals surface area contributed by atoms with Crippen molar-refractivity contribution in [1.29, 1.82) is 0 Å². The second-order valence-corrected chi connectivity index (χ2v) is 8.98. The van der Waals surface area contributed by atoms with Gasteiger partial charge in [-0.3, -0.25) is 10.0 Å². The van der Waals surface area contributed by atoms with E-state index in [-0.39, 0.29) is 43.5 Å². The van der Waals surface area contributed by atoms with Crippen molar-refractivity contribution in [2.24, 2.45) is 5.41 Å². The molecule has 1 saturated heterocycles. The number of hydrogen-bond donors (Lipinski definition) is 3. The molecule has 1 aromatic rings. The lowest BCUT2D eigenvalue weighted by atomic mass is 9.79. The summed E-state index contributed by atoms with van der Waals surface area (Å²) in [5.41, 5.74) is 0.270. The zero-order chi connectivity index (χ0) is 22.2. The summed E-state index contributed by atoms with van der Waals surface area (Å²) in [7, 11) is -3.84. The van der Waals surface area contributed by atoms with Crippen LogP contribution in [-0.4, -0.2) is 62.5 Å². The molecule has 1 heterocycles. The van der Waals surface area contributed by atoms with E-state index in [1.807, 2.05) is 0 Å². The van der Waals surface area contributed by atoms with E-state index in [0.29, 0.717) is 12.3 Å². The molecule has 1 aliphatic rings. The molecule has 9 nitrogen and oxygen atoms in total. The lowest BCUT2D eigenvalue weighted by Crippen LogP contribution is -2.54. The Labute approximate surface area is 176 Å². The highest BCUT2D eigenvalue weighted by atomic mass is 32.2. The molecule has 1 aliphatic heterocycles. The van der Waals surface area contributed by atoms with Crippen molar-refractivity contribution in [1.82, 2.24) is 15.7 Å². The number of carbonyl (C=O) groups is 2. The van der Waals surface area contributed by atoms with Gasteiger partial charge in [0.2, 0.25) is 0 Å². The van der Waals surface area contributed by atoms with Crippen LogP contribution in [0, 0.1) is 17.3 Å². The molecule has 0 bridgehead atoms. The van der Waals surface area contributed by atoms with E-state index in [1.54, 1.807) is 19.3 Å².